The number of halogens is 3. The zero-order valence-electron chi connectivity index (χ0n) is 11.8. The molecule has 1 fully saturated rings. The highest BCUT2D eigenvalue weighted by atomic mass is 19.4. The van der Waals surface area contributed by atoms with Crippen LogP contribution in [0.3, 0.4) is 0 Å². The molecular formula is C15H16F3N3O. The molecule has 1 aromatic heterocycles. The quantitative estimate of drug-likeness (QED) is 0.944. The molecular weight excluding hydrogens is 295 g/mol. The maximum Gasteiger partial charge on any atom is 0.416 e. The van der Waals surface area contributed by atoms with E-state index >= 15 is 0 Å². The Hall–Kier alpha value is -2.02. The molecule has 0 spiro atoms. The molecule has 4 nitrogen and oxygen atoms in total. The van der Waals surface area contributed by atoms with E-state index in [9.17, 15) is 13.2 Å². The molecule has 2 aromatic rings. The van der Waals surface area contributed by atoms with Crippen molar-refractivity contribution in [2.24, 2.45) is 5.92 Å². The van der Waals surface area contributed by atoms with Gasteiger partial charge >= 0.3 is 6.18 Å². The maximum atomic E-state index is 12.5. The number of nitrogens with one attached hydrogen (secondary N) is 1. The average molecular weight is 311 g/mol. The average Bonchev–Trinajstić information content (AvgIpc) is 3.16. The summed E-state index contributed by atoms with van der Waals surface area (Å²) in [7, 11) is 0. The van der Waals surface area contributed by atoms with E-state index in [1.165, 1.54) is 16.8 Å². The van der Waals surface area contributed by atoms with Gasteiger partial charge in [0.25, 0.3) is 0 Å². The summed E-state index contributed by atoms with van der Waals surface area (Å²) in [5.74, 6) is 1.11. The van der Waals surface area contributed by atoms with Crippen molar-refractivity contribution in [1.82, 2.24) is 15.1 Å². The van der Waals surface area contributed by atoms with Crippen LogP contribution < -0.4 is 10.1 Å². The summed E-state index contributed by atoms with van der Waals surface area (Å²) in [6.07, 6.45) is 0.00427. The second-order valence-corrected chi connectivity index (χ2v) is 5.34. The van der Waals surface area contributed by atoms with Crippen LogP contribution in [-0.2, 0) is 6.18 Å². The monoisotopic (exact) mass is 311 g/mol. The molecule has 22 heavy (non-hydrogen) atoms. The molecule has 1 unspecified atom stereocenters. The smallest absolute Gasteiger partial charge is 0.416 e. The van der Waals surface area contributed by atoms with E-state index in [0.29, 0.717) is 24.0 Å². The van der Waals surface area contributed by atoms with Crippen molar-refractivity contribution >= 4 is 0 Å². The number of benzene rings is 1. The van der Waals surface area contributed by atoms with E-state index in [2.05, 4.69) is 10.4 Å². The van der Waals surface area contributed by atoms with Gasteiger partial charge in [0, 0.05) is 12.5 Å². The number of aromatic nitrogens is 2. The maximum absolute atomic E-state index is 12.5. The molecule has 1 atom stereocenters. The SMILES string of the molecule is FC(F)(F)c1ccc(-n2cc(OCC3CCNC3)cn2)cc1. The highest BCUT2D eigenvalue weighted by Gasteiger charge is 2.30. The first-order valence-corrected chi connectivity index (χ1v) is 7.08. The minimum absolute atomic E-state index is 0.495. The predicted octanol–water partition coefficient (Wildman–Crippen LogP) is 2.88. The summed E-state index contributed by atoms with van der Waals surface area (Å²) in [6, 6.07) is 4.87. The molecule has 0 amide bonds. The topological polar surface area (TPSA) is 39.1 Å². The Bertz CT molecular complexity index is 616. The van der Waals surface area contributed by atoms with Gasteiger partial charge in [-0.05, 0) is 37.2 Å². The van der Waals surface area contributed by atoms with Crippen LogP contribution in [0.1, 0.15) is 12.0 Å². The van der Waals surface area contributed by atoms with Crippen LogP contribution in [0.5, 0.6) is 5.75 Å². The molecule has 0 saturated carbocycles. The van der Waals surface area contributed by atoms with Crippen LogP contribution in [-0.4, -0.2) is 29.5 Å². The molecule has 0 bridgehead atoms. The van der Waals surface area contributed by atoms with Crippen molar-refractivity contribution in [2.45, 2.75) is 12.6 Å². The predicted molar refractivity (Wildman–Crippen MR) is 75.0 cm³/mol. The zero-order chi connectivity index (χ0) is 15.6. The third-order valence-corrected chi connectivity index (χ3v) is 3.67. The number of nitrogens with zero attached hydrogens (tertiary/aromatic N) is 2. The summed E-state index contributed by atoms with van der Waals surface area (Å²) in [4.78, 5) is 0. The zero-order valence-corrected chi connectivity index (χ0v) is 11.8. The van der Waals surface area contributed by atoms with Crippen molar-refractivity contribution in [2.75, 3.05) is 19.7 Å². The second-order valence-electron chi connectivity index (χ2n) is 5.34. The summed E-state index contributed by atoms with van der Waals surface area (Å²) in [6.45, 7) is 2.58. The largest absolute Gasteiger partial charge is 0.490 e. The lowest BCUT2D eigenvalue weighted by Crippen LogP contribution is -2.15. The molecule has 7 heteroatoms. The summed E-state index contributed by atoms with van der Waals surface area (Å²) >= 11 is 0. The fourth-order valence-corrected chi connectivity index (χ4v) is 2.40. The number of hydrogen-bond donors (Lipinski definition) is 1. The molecule has 1 N–H and O–H groups in total. The van der Waals surface area contributed by atoms with E-state index in [1.54, 1.807) is 12.4 Å². The summed E-state index contributed by atoms with van der Waals surface area (Å²) in [5, 5.41) is 7.38. The minimum atomic E-state index is -4.33. The second kappa shape index (κ2) is 6.00. The van der Waals surface area contributed by atoms with Gasteiger partial charge in [0.2, 0.25) is 0 Å². The molecule has 0 radical (unpaired) electrons. The fourth-order valence-electron chi connectivity index (χ4n) is 2.40. The molecule has 1 aliphatic heterocycles. The highest BCUT2D eigenvalue weighted by Crippen LogP contribution is 2.29. The van der Waals surface area contributed by atoms with Gasteiger partial charge < -0.3 is 10.1 Å². The molecule has 0 aliphatic carbocycles. The van der Waals surface area contributed by atoms with E-state index in [1.807, 2.05) is 0 Å². The van der Waals surface area contributed by atoms with Gasteiger partial charge in [-0.2, -0.15) is 18.3 Å². The highest BCUT2D eigenvalue weighted by molar-refractivity contribution is 5.36. The fraction of sp³-hybridized carbons (Fsp3) is 0.400. The lowest BCUT2D eigenvalue weighted by Gasteiger charge is -2.09. The summed E-state index contributed by atoms with van der Waals surface area (Å²) in [5.41, 5.74) is -0.112. The first-order valence-electron chi connectivity index (χ1n) is 7.08. The van der Waals surface area contributed by atoms with Crippen molar-refractivity contribution < 1.29 is 17.9 Å². The van der Waals surface area contributed by atoms with E-state index in [-0.39, 0.29) is 0 Å². The van der Waals surface area contributed by atoms with E-state index in [0.717, 1.165) is 31.6 Å². The van der Waals surface area contributed by atoms with Crippen molar-refractivity contribution in [3.8, 4) is 11.4 Å². The van der Waals surface area contributed by atoms with Gasteiger partial charge in [-0.3, -0.25) is 0 Å². The number of rotatable bonds is 4. The van der Waals surface area contributed by atoms with Gasteiger partial charge in [-0.15, -0.1) is 0 Å². The van der Waals surface area contributed by atoms with Crippen LogP contribution in [0.25, 0.3) is 5.69 Å². The molecule has 3 rings (SSSR count). The Morgan fingerprint density at radius 3 is 2.68 bits per heavy atom. The lowest BCUT2D eigenvalue weighted by molar-refractivity contribution is -0.137. The van der Waals surface area contributed by atoms with E-state index in [4.69, 9.17) is 4.74 Å². The Kier molecular flexibility index (Phi) is 4.06. The first kappa shape index (κ1) is 14.9. The first-order chi connectivity index (χ1) is 10.5. The van der Waals surface area contributed by atoms with Crippen molar-refractivity contribution in [3.05, 3.63) is 42.2 Å². The van der Waals surface area contributed by atoms with Crippen LogP contribution in [0.2, 0.25) is 0 Å². The van der Waals surface area contributed by atoms with Gasteiger partial charge in [0.05, 0.1) is 30.3 Å². The van der Waals surface area contributed by atoms with Crippen molar-refractivity contribution in [1.29, 1.82) is 0 Å². The van der Waals surface area contributed by atoms with Crippen LogP contribution in [0.4, 0.5) is 13.2 Å². The Morgan fingerprint density at radius 1 is 1.27 bits per heavy atom. The third-order valence-electron chi connectivity index (χ3n) is 3.67. The molecule has 118 valence electrons. The molecule has 1 aromatic carbocycles. The van der Waals surface area contributed by atoms with Crippen LogP contribution in [0, 0.1) is 5.92 Å². The summed E-state index contributed by atoms with van der Waals surface area (Å²) < 4.78 is 44.7. The molecule has 2 heterocycles. The van der Waals surface area contributed by atoms with Gasteiger partial charge in [0.1, 0.15) is 0 Å². The Balaban J connectivity index is 1.65. The van der Waals surface area contributed by atoms with Gasteiger partial charge in [0.15, 0.2) is 5.75 Å². The molecule has 1 saturated heterocycles. The Labute approximate surface area is 125 Å². The van der Waals surface area contributed by atoms with Crippen LogP contribution in [0.15, 0.2) is 36.7 Å². The standard InChI is InChI=1S/C15H16F3N3O/c16-15(17,18)12-1-3-13(4-2-12)21-9-14(8-20-21)22-10-11-5-6-19-7-11/h1-4,8-9,11,19H,5-7,10H2. The van der Waals surface area contributed by atoms with Gasteiger partial charge in [-0.1, -0.05) is 0 Å². The normalized spacial score (nSPS) is 18.6. The molecule has 1 aliphatic rings. The minimum Gasteiger partial charge on any atom is -0.490 e. The van der Waals surface area contributed by atoms with Crippen molar-refractivity contribution in [3.63, 3.8) is 0 Å². The van der Waals surface area contributed by atoms with Gasteiger partial charge in [-0.25, -0.2) is 4.68 Å². The Morgan fingerprint density at radius 2 is 2.05 bits per heavy atom. The third kappa shape index (κ3) is 3.41. The lowest BCUT2D eigenvalue weighted by atomic mass is 10.1. The number of hydrogen-bond acceptors (Lipinski definition) is 3. The van der Waals surface area contributed by atoms with E-state index < -0.39 is 11.7 Å². The number of ether oxygens (including phenoxy) is 1. The van der Waals surface area contributed by atoms with Crippen LogP contribution >= 0.6 is 0 Å². The number of alkyl halides is 3.